The van der Waals surface area contributed by atoms with E-state index in [2.05, 4.69) is 42.7 Å². The minimum atomic E-state index is -0.283. The lowest BCUT2D eigenvalue weighted by Crippen LogP contribution is -2.62. The molecule has 1 aliphatic carbocycles. The summed E-state index contributed by atoms with van der Waals surface area (Å²) in [4.78, 5) is 15.6. The highest BCUT2D eigenvalue weighted by Gasteiger charge is 2.58. The van der Waals surface area contributed by atoms with Gasteiger partial charge in [-0.3, -0.25) is 9.69 Å². The minimum absolute atomic E-state index is 0.0374. The molecule has 1 fully saturated rings. The number of piperidine rings is 1. The van der Waals surface area contributed by atoms with Gasteiger partial charge in [-0.2, -0.15) is 0 Å². The van der Waals surface area contributed by atoms with Gasteiger partial charge in [-0.05, 0) is 42.3 Å². The minimum Gasteiger partial charge on any atom is -0.299 e. The first kappa shape index (κ1) is 15.5. The van der Waals surface area contributed by atoms with E-state index in [0.717, 1.165) is 38.9 Å². The summed E-state index contributed by atoms with van der Waals surface area (Å²) in [5.41, 5.74) is 2.46. The van der Waals surface area contributed by atoms with Crippen molar-refractivity contribution in [2.45, 2.75) is 44.9 Å². The summed E-state index contributed by atoms with van der Waals surface area (Å²) in [5, 5.41) is 0. The number of aryl methyl sites for hydroxylation is 1. The molecule has 0 radical (unpaired) electrons. The molecule has 1 aliphatic heterocycles. The average Bonchev–Trinajstić information content (AvgIpc) is 2.53. The predicted molar refractivity (Wildman–Crippen MR) is 91.1 cm³/mol. The monoisotopic (exact) mass is 297 g/mol. The van der Waals surface area contributed by atoms with Crippen LogP contribution in [0.25, 0.3) is 0 Å². The number of hydrogen-bond acceptors (Lipinski definition) is 2. The fraction of sp³-hybridized carbons (Fsp3) is 0.550. The second kappa shape index (κ2) is 5.66. The highest BCUT2D eigenvalue weighted by atomic mass is 16.1. The summed E-state index contributed by atoms with van der Waals surface area (Å²) in [6, 6.07) is 8.64. The molecule has 22 heavy (non-hydrogen) atoms. The maximum absolute atomic E-state index is 13.1. The first-order valence-electron chi connectivity index (χ1n) is 8.52. The van der Waals surface area contributed by atoms with Crippen LogP contribution in [0.15, 0.2) is 36.9 Å². The van der Waals surface area contributed by atoms with E-state index in [1.165, 1.54) is 11.1 Å². The molecular weight excluding hydrogens is 270 g/mol. The molecule has 1 heterocycles. The van der Waals surface area contributed by atoms with E-state index in [-0.39, 0.29) is 10.8 Å². The van der Waals surface area contributed by atoms with E-state index in [0.29, 0.717) is 12.2 Å². The van der Waals surface area contributed by atoms with Crippen LogP contribution in [-0.4, -0.2) is 30.3 Å². The van der Waals surface area contributed by atoms with Crippen LogP contribution in [0.3, 0.4) is 0 Å². The smallest absolute Gasteiger partial charge is 0.143 e. The Kier molecular flexibility index (Phi) is 3.98. The first-order valence-corrected chi connectivity index (χ1v) is 8.52. The fourth-order valence-corrected chi connectivity index (χ4v) is 4.92. The normalized spacial score (nSPS) is 31.2. The first-order chi connectivity index (χ1) is 10.6. The van der Waals surface area contributed by atoms with Crippen LogP contribution >= 0.6 is 0 Å². The third-order valence-corrected chi connectivity index (χ3v) is 6.01. The van der Waals surface area contributed by atoms with Gasteiger partial charge in [0.25, 0.3) is 0 Å². The molecule has 0 bridgehead atoms. The number of likely N-dealkylation sites (tertiary alicyclic amines) is 1. The molecule has 0 unspecified atom stereocenters. The van der Waals surface area contributed by atoms with Crippen molar-refractivity contribution in [2.75, 3.05) is 19.6 Å². The van der Waals surface area contributed by atoms with Gasteiger partial charge in [0.2, 0.25) is 0 Å². The van der Waals surface area contributed by atoms with Crippen LogP contribution < -0.4 is 0 Å². The van der Waals surface area contributed by atoms with Crippen LogP contribution in [-0.2, 0) is 16.6 Å². The third-order valence-electron chi connectivity index (χ3n) is 6.01. The standard InChI is InChI=1S/C20H27NO/c1-4-13-21-14-12-20(18(22)5-2)17-9-7-6-8-16(17)10-11-19(20,3)15-21/h4,6-9H,1,5,10-15H2,2-3H3/t19-,20-/m0/s1. The maximum Gasteiger partial charge on any atom is 0.143 e. The summed E-state index contributed by atoms with van der Waals surface area (Å²) in [6.07, 6.45) is 5.75. The van der Waals surface area contributed by atoms with Crippen LogP contribution in [0.2, 0.25) is 0 Å². The fourth-order valence-electron chi connectivity index (χ4n) is 4.92. The van der Waals surface area contributed by atoms with Crippen LogP contribution in [0.4, 0.5) is 0 Å². The van der Waals surface area contributed by atoms with Gasteiger partial charge in [0.1, 0.15) is 5.78 Å². The van der Waals surface area contributed by atoms with Crippen LogP contribution in [0, 0.1) is 5.41 Å². The van der Waals surface area contributed by atoms with Gasteiger partial charge in [-0.1, -0.05) is 44.2 Å². The second-order valence-electron chi connectivity index (χ2n) is 7.17. The zero-order chi connectivity index (χ0) is 15.8. The lowest BCUT2D eigenvalue weighted by molar-refractivity contribution is -0.134. The number of hydrogen-bond donors (Lipinski definition) is 0. The summed E-state index contributed by atoms with van der Waals surface area (Å²) >= 11 is 0. The van der Waals surface area contributed by atoms with E-state index in [1.54, 1.807) is 0 Å². The van der Waals surface area contributed by atoms with E-state index >= 15 is 0 Å². The highest BCUT2D eigenvalue weighted by Crippen LogP contribution is 2.55. The van der Waals surface area contributed by atoms with Gasteiger partial charge in [0.15, 0.2) is 0 Å². The summed E-state index contributed by atoms with van der Waals surface area (Å²) < 4.78 is 0. The SMILES string of the molecule is C=CCN1CC[C@@]2(C(=O)CC)c3ccccc3CC[C@@]2(C)C1. The van der Waals surface area contributed by atoms with Crippen molar-refractivity contribution in [3.63, 3.8) is 0 Å². The lowest BCUT2D eigenvalue weighted by atomic mass is 9.50. The van der Waals surface area contributed by atoms with Crippen molar-refractivity contribution in [3.05, 3.63) is 48.0 Å². The number of rotatable bonds is 4. The molecule has 0 spiro atoms. The van der Waals surface area contributed by atoms with Crippen molar-refractivity contribution < 1.29 is 4.79 Å². The topological polar surface area (TPSA) is 20.3 Å². The molecule has 2 nitrogen and oxygen atoms in total. The number of carbonyl (C=O) groups is 1. The Morgan fingerprint density at radius 2 is 2.14 bits per heavy atom. The van der Waals surface area contributed by atoms with Crippen molar-refractivity contribution in [1.29, 1.82) is 0 Å². The molecule has 0 N–H and O–H groups in total. The van der Waals surface area contributed by atoms with E-state index in [9.17, 15) is 4.79 Å². The largest absolute Gasteiger partial charge is 0.299 e. The molecule has 1 aromatic carbocycles. The molecule has 3 rings (SSSR count). The molecule has 2 atom stereocenters. The molecule has 1 aromatic rings. The average molecular weight is 297 g/mol. The Labute approximate surface area is 134 Å². The van der Waals surface area contributed by atoms with E-state index in [4.69, 9.17) is 0 Å². The molecule has 2 heteroatoms. The van der Waals surface area contributed by atoms with Gasteiger partial charge in [-0.25, -0.2) is 0 Å². The second-order valence-corrected chi connectivity index (χ2v) is 7.17. The molecule has 0 amide bonds. The molecule has 0 saturated carbocycles. The molecule has 118 valence electrons. The quantitative estimate of drug-likeness (QED) is 0.789. The Bertz CT molecular complexity index is 593. The Balaban J connectivity index is 2.11. The number of fused-ring (bicyclic) bond motifs is 3. The van der Waals surface area contributed by atoms with E-state index in [1.807, 2.05) is 13.0 Å². The molecular formula is C20H27NO. The van der Waals surface area contributed by atoms with Gasteiger partial charge in [0, 0.05) is 19.5 Å². The van der Waals surface area contributed by atoms with Gasteiger partial charge >= 0.3 is 0 Å². The van der Waals surface area contributed by atoms with Crippen molar-refractivity contribution in [1.82, 2.24) is 4.90 Å². The summed E-state index contributed by atoms with van der Waals surface area (Å²) in [6.45, 7) is 11.1. The zero-order valence-corrected chi connectivity index (χ0v) is 13.9. The summed E-state index contributed by atoms with van der Waals surface area (Å²) in [5.74, 6) is 0.431. The zero-order valence-electron chi connectivity index (χ0n) is 13.9. The van der Waals surface area contributed by atoms with Crippen molar-refractivity contribution >= 4 is 5.78 Å². The lowest BCUT2D eigenvalue weighted by Gasteiger charge is -2.57. The number of Topliss-reactive ketones (excluding diaryl/α,β-unsaturated/α-hetero) is 1. The summed E-state index contributed by atoms with van der Waals surface area (Å²) in [7, 11) is 0. The number of benzene rings is 1. The third kappa shape index (κ3) is 2.08. The number of nitrogens with zero attached hydrogens (tertiary/aromatic N) is 1. The number of ketones is 1. The van der Waals surface area contributed by atoms with Gasteiger partial charge in [-0.15, -0.1) is 6.58 Å². The maximum atomic E-state index is 13.1. The van der Waals surface area contributed by atoms with Gasteiger partial charge in [0.05, 0.1) is 5.41 Å². The molecule has 1 saturated heterocycles. The molecule has 2 aliphatic rings. The number of carbonyl (C=O) groups excluding carboxylic acids is 1. The van der Waals surface area contributed by atoms with Crippen LogP contribution in [0.5, 0.6) is 0 Å². The highest BCUT2D eigenvalue weighted by molar-refractivity contribution is 5.92. The van der Waals surface area contributed by atoms with Crippen molar-refractivity contribution in [2.24, 2.45) is 5.41 Å². The Morgan fingerprint density at radius 3 is 2.86 bits per heavy atom. The Hall–Kier alpha value is -1.41. The van der Waals surface area contributed by atoms with Gasteiger partial charge < -0.3 is 0 Å². The molecule has 0 aromatic heterocycles. The predicted octanol–water partition coefficient (Wildman–Crippen LogP) is 3.75. The Morgan fingerprint density at radius 1 is 1.36 bits per heavy atom. The van der Waals surface area contributed by atoms with Crippen molar-refractivity contribution in [3.8, 4) is 0 Å². The van der Waals surface area contributed by atoms with E-state index < -0.39 is 0 Å². The van der Waals surface area contributed by atoms with Crippen LogP contribution in [0.1, 0.15) is 44.2 Å².